The molecule has 1 aromatic rings. The average molecular weight is 416 g/mol. The lowest BCUT2D eigenvalue weighted by Crippen LogP contribution is -2.58. The van der Waals surface area contributed by atoms with E-state index in [0.29, 0.717) is 32.4 Å². The van der Waals surface area contributed by atoms with Crippen LogP contribution in [0.5, 0.6) is 0 Å². The summed E-state index contributed by atoms with van der Waals surface area (Å²) in [6.07, 6.45) is 5.03. The van der Waals surface area contributed by atoms with E-state index >= 15 is 0 Å². The van der Waals surface area contributed by atoms with E-state index in [-0.39, 0.29) is 41.4 Å². The number of nitrogens with zero attached hydrogens (tertiary/aromatic N) is 2. The summed E-state index contributed by atoms with van der Waals surface area (Å²) in [6, 6.07) is 5.18. The Kier molecular flexibility index (Phi) is 6.32. The zero-order valence-electron chi connectivity index (χ0n) is 17.1. The fourth-order valence-electron chi connectivity index (χ4n) is 4.84. The van der Waals surface area contributed by atoms with Gasteiger partial charge in [0.25, 0.3) is 5.91 Å². The standard InChI is InChI=1S/C22H29FN4O3/c23-16-6-4-5-15(11-16)21(29)25-17-12-19-22(30)24-13-18(27(19)14-17)7-8-20(28)26-9-2-1-3-10-26/h4-6,11,17-19H,1-3,7-10,12-14H2,(H,24,30)(H,25,29)/t17-,18-,19+/m1/s1. The minimum atomic E-state index is -0.454. The first-order chi connectivity index (χ1) is 14.5. The topological polar surface area (TPSA) is 81.8 Å². The molecule has 7 nitrogen and oxygen atoms in total. The van der Waals surface area contributed by atoms with E-state index < -0.39 is 5.82 Å². The van der Waals surface area contributed by atoms with Gasteiger partial charge >= 0.3 is 0 Å². The third-order valence-corrected chi connectivity index (χ3v) is 6.45. The SMILES string of the molecule is O=C(N[C@@H]1C[C@H]2C(=O)NC[C@@H](CCC(=O)N3CCCCC3)N2C1)c1cccc(F)c1. The van der Waals surface area contributed by atoms with Gasteiger partial charge in [-0.1, -0.05) is 6.07 Å². The smallest absolute Gasteiger partial charge is 0.251 e. The average Bonchev–Trinajstić information content (AvgIpc) is 3.18. The highest BCUT2D eigenvalue weighted by Crippen LogP contribution is 2.26. The molecule has 30 heavy (non-hydrogen) atoms. The second-order valence-corrected chi connectivity index (χ2v) is 8.51. The Morgan fingerprint density at radius 1 is 1.20 bits per heavy atom. The number of piperidine rings is 1. The Bertz CT molecular complexity index is 811. The van der Waals surface area contributed by atoms with Crippen molar-refractivity contribution in [2.45, 2.75) is 56.7 Å². The number of nitrogens with one attached hydrogen (secondary N) is 2. The molecule has 2 N–H and O–H groups in total. The van der Waals surface area contributed by atoms with Crippen molar-refractivity contribution < 1.29 is 18.8 Å². The van der Waals surface area contributed by atoms with Crippen LogP contribution in [-0.4, -0.2) is 71.8 Å². The molecule has 3 heterocycles. The highest BCUT2D eigenvalue weighted by molar-refractivity contribution is 5.94. The van der Waals surface area contributed by atoms with Crippen LogP contribution in [-0.2, 0) is 9.59 Å². The molecule has 3 amide bonds. The Hall–Kier alpha value is -2.48. The lowest BCUT2D eigenvalue weighted by Gasteiger charge is -2.37. The summed E-state index contributed by atoms with van der Waals surface area (Å²) in [4.78, 5) is 41.4. The predicted molar refractivity (Wildman–Crippen MR) is 109 cm³/mol. The third-order valence-electron chi connectivity index (χ3n) is 6.45. The second kappa shape index (κ2) is 9.12. The Balaban J connectivity index is 1.34. The molecule has 4 rings (SSSR count). The molecule has 3 atom stereocenters. The normalized spacial score (nSPS) is 26.8. The molecule has 0 aromatic heterocycles. The van der Waals surface area contributed by atoms with Crippen LogP contribution < -0.4 is 10.6 Å². The van der Waals surface area contributed by atoms with Gasteiger partial charge in [-0.05, 0) is 50.3 Å². The van der Waals surface area contributed by atoms with Crippen LogP contribution in [0.1, 0.15) is 48.9 Å². The van der Waals surface area contributed by atoms with Gasteiger partial charge < -0.3 is 15.5 Å². The van der Waals surface area contributed by atoms with Crippen molar-refractivity contribution in [3.63, 3.8) is 0 Å². The van der Waals surface area contributed by atoms with E-state index in [4.69, 9.17) is 0 Å². The molecule has 0 saturated carbocycles. The van der Waals surface area contributed by atoms with Crippen molar-refractivity contribution in [3.05, 3.63) is 35.6 Å². The van der Waals surface area contributed by atoms with Gasteiger partial charge in [0.1, 0.15) is 5.82 Å². The maximum Gasteiger partial charge on any atom is 0.251 e. The number of hydrogen-bond acceptors (Lipinski definition) is 4. The number of piperazine rings is 1. The number of hydrogen-bond donors (Lipinski definition) is 2. The summed E-state index contributed by atoms with van der Waals surface area (Å²) in [6.45, 7) is 2.77. The summed E-state index contributed by atoms with van der Waals surface area (Å²) in [5.74, 6) is -0.629. The summed E-state index contributed by atoms with van der Waals surface area (Å²) < 4.78 is 13.4. The molecule has 0 aliphatic carbocycles. The summed E-state index contributed by atoms with van der Waals surface area (Å²) in [7, 11) is 0. The van der Waals surface area contributed by atoms with Crippen LogP contribution in [0.25, 0.3) is 0 Å². The van der Waals surface area contributed by atoms with Crippen molar-refractivity contribution in [1.29, 1.82) is 0 Å². The molecule has 3 aliphatic rings. The number of amides is 3. The molecule has 3 aliphatic heterocycles. The lowest BCUT2D eigenvalue weighted by molar-refractivity contribution is -0.133. The third kappa shape index (κ3) is 4.64. The zero-order valence-corrected chi connectivity index (χ0v) is 17.1. The molecular formula is C22H29FN4O3. The first-order valence-electron chi connectivity index (χ1n) is 10.9. The molecule has 3 saturated heterocycles. The zero-order chi connectivity index (χ0) is 21.1. The van der Waals surface area contributed by atoms with Gasteiger partial charge in [-0.25, -0.2) is 4.39 Å². The van der Waals surface area contributed by atoms with Crippen LogP contribution in [0.2, 0.25) is 0 Å². The van der Waals surface area contributed by atoms with E-state index in [9.17, 15) is 18.8 Å². The first-order valence-corrected chi connectivity index (χ1v) is 10.9. The summed E-state index contributed by atoms with van der Waals surface area (Å²) >= 11 is 0. The van der Waals surface area contributed by atoms with E-state index in [1.54, 1.807) is 6.07 Å². The van der Waals surface area contributed by atoms with Crippen molar-refractivity contribution in [3.8, 4) is 0 Å². The Morgan fingerprint density at radius 2 is 2.00 bits per heavy atom. The van der Waals surface area contributed by atoms with E-state index in [0.717, 1.165) is 25.9 Å². The van der Waals surface area contributed by atoms with Gasteiger partial charge in [-0.3, -0.25) is 19.3 Å². The number of fused-ring (bicyclic) bond motifs is 1. The molecular weight excluding hydrogens is 387 g/mol. The predicted octanol–water partition coefficient (Wildman–Crippen LogP) is 1.29. The molecule has 8 heteroatoms. The molecule has 0 radical (unpaired) electrons. The van der Waals surface area contributed by atoms with Gasteiger partial charge in [0.2, 0.25) is 11.8 Å². The number of carbonyl (C=O) groups is 3. The minimum Gasteiger partial charge on any atom is -0.353 e. The number of halogens is 1. The van der Waals surface area contributed by atoms with Crippen LogP contribution >= 0.6 is 0 Å². The van der Waals surface area contributed by atoms with Crippen molar-refractivity contribution in [2.24, 2.45) is 0 Å². The maximum atomic E-state index is 13.4. The van der Waals surface area contributed by atoms with Gasteiger partial charge in [0.15, 0.2) is 0 Å². The van der Waals surface area contributed by atoms with Crippen molar-refractivity contribution in [1.82, 2.24) is 20.4 Å². The number of carbonyl (C=O) groups excluding carboxylic acids is 3. The fourth-order valence-corrected chi connectivity index (χ4v) is 4.84. The van der Waals surface area contributed by atoms with Gasteiger partial charge in [-0.2, -0.15) is 0 Å². The summed E-state index contributed by atoms with van der Waals surface area (Å²) in [5, 5.41) is 5.89. The molecule has 3 fully saturated rings. The number of benzene rings is 1. The van der Waals surface area contributed by atoms with Crippen molar-refractivity contribution in [2.75, 3.05) is 26.2 Å². The van der Waals surface area contributed by atoms with E-state index in [1.807, 2.05) is 4.90 Å². The molecule has 0 spiro atoms. The van der Waals surface area contributed by atoms with Gasteiger partial charge in [-0.15, -0.1) is 0 Å². The van der Waals surface area contributed by atoms with E-state index in [1.165, 1.54) is 24.6 Å². The number of likely N-dealkylation sites (tertiary alicyclic amines) is 1. The number of rotatable bonds is 5. The maximum absolute atomic E-state index is 13.4. The van der Waals surface area contributed by atoms with Crippen LogP contribution in [0.15, 0.2) is 24.3 Å². The van der Waals surface area contributed by atoms with E-state index in [2.05, 4.69) is 15.5 Å². The van der Waals surface area contributed by atoms with Crippen molar-refractivity contribution >= 4 is 17.7 Å². The van der Waals surface area contributed by atoms with Crippen LogP contribution in [0.4, 0.5) is 4.39 Å². The molecule has 0 bridgehead atoms. The highest BCUT2D eigenvalue weighted by Gasteiger charge is 2.43. The quantitative estimate of drug-likeness (QED) is 0.758. The van der Waals surface area contributed by atoms with Gasteiger partial charge in [0.05, 0.1) is 6.04 Å². The second-order valence-electron chi connectivity index (χ2n) is 8.51. The van der Waals surface area contributed by atoms with Crippen LogP contribution in [0.3, 0.4) is 0 Å². The highest BCUT2D eigenvalue weighted by atomic mass is 19.1. The fraction of sp³-hybridized carbons (Fsp3) is 0.591. The van der Waals surface area contributed by atoms with Gasteiger partial charge in [0, 0.05) is 50.2 Å². The Labute approximate surface area is 176 Å². The molecule has 1 aromatic carbocycles. The van der Waals surface area contributed by atoms with Crippen LogP contribution in [0, 0.1) is 5.82 Å². The Morgan fingerprint density at radius 3 is 2.77 bits per heavy atom. The first kappa shape index (κ1) is 20.8. The monoisotopic (exact) mass is 416 g/mol. The largest absolute Gasteiger partial charge is 0.353 e. The lowest BCUT2D eigenvalue weighted by atomic mass is 10.0. The summed E-state index contributed by atoms with van der Waals surface area (Å²) in [5.41, 5.74) is 0.271. The molecule has 162 valence electrons. The minimum absolute atomic E-state index is 0.0314. The molecule has 0 unspecified atom stereocenters.